The van der Waals surface area contributed by atoms with Crippen molar-refractivity contribution in [3.05, 3.63) is 41.6 Å². The molecule has 0 radical (unpaired) electrons. The van der Waals surface area contributed by atoms with E-state index in [9.17, 15) is 4.79 Å². The van der Waals surface area contributed by atoms with Crippen LogP contribution < -0.4 is 5.73 Å². The van der Waals surface area contributed by atoms with Gasteiger partial charge in [0.05, 0.1) is 5.69 Å². The van der Waals surface area contributed by atoms with Gasteiger partial charge in [-0.2, -0.15) is 5.10 Å². The van der Waals surface area contributed by atoms with Crippen molar-refractivity contribution in [1.29, 1.82) is 0 Å². The number of carbonyl (C=O) groups is 1. The van der Waals surface area contributed by atoms with Gasteiger partial charge in [0.2, 0.25) is 0 Å². The lowest BCUT2D eigenvalue weighted by molar-refractivity contribution is 0.0703. The maximum Gasteiger partial charge on any atom is 0.271 e. The number of rotatable bonds is 2. The highest BCUT2D eigenvalue weighted by molar-refractivity contribution is 5.93. The predicted octanol–water partition coefficient (Wildman–Crippen LogP) is 1.95. The summed E-state index contributed by atoms with van der Waals surface area (Å²) >= 11 is 0. The third kappa shape index (κ3) is 2.97. The van der Waals surface area contributed by atoms with Crippen molar-refractivity contribution in [3.8, 4) is 11.3 Å². The maximum atomic E-state index is 12.4. The van der Waals surface area contributed by atoms with Gasteiger partial charge in [0, 0.05) is 24.7 Å². The molecule has 0 saturated carbocycles. The van der Waals surface area contributed by atoms with E-state index in [1.807, 2.05) is 37.3 Å². The molecule has 1 saturated heterocycles. The van der Waals surface area contributed by atoms with Crippen molar-refractivity contribution in [2.45, 2.75) is 25.8 Å². The molecule has 1 aliphatic rings. The minimum Gasteiger partial charge on any atom is -0.336 e. The number of nitrogens with two attached hydrogens (primary N) is 1. The van der Waals surface area contributed by atoms with Crippen LogP contribution in [0.15, 0.2) is 30.3 Å². The highest BCUT2D eigenvalue weighted by atomic mass is 16.2. The molecule has 21 heavy (non-hydrogen) atoms. The van der Waals surface area contributed by atoms with E-state index in [0.29, 0.717) is 12.2 Å². The lowest BCUT2D eigenvalue weighted by Crippen LogP contribution is -2.45. The standard InChI is InChI=1S/C16H20N4O/c1-11-4-6-12(7-5-11)14-9-15(19-18-14)16(21)20-8-2-3-13(17)10-20/h4-7,9,13H,2-3,8,10,17H2,1H3,(H,18,19). The normalized spacial score (nSPS) is 18.8. The fourth-order valence-corrected chi connectivity index (χ4v) is 2.67. The maximum absolute atomic E-state index is 12.4. The first kappa shape index (κ1) is 13.8. The summed E-state index contributed by atoms with van der Waals surface area (Å²) in [6.45, 7) is 3.44. The summed E-state index contributed by atoms with van der Waals surface area (Å²) in [4.78, 5) is 14.2. The van der Waals surface area contributed by atoms with Gasteiger partial charge >= 0.3 is 0 Å². The predicted molar refractivity (Wildman–Crippen MR) is 81.9 cm³/mol. The van der Waals surface area contributed by atoms with E-state index < -0.39 is 0 Å². The van der Waals surface area contributed by atoms with Crippen molar-refractivity contribution >= 4 is 5.91 Å². The Morgan fingerprint density at radius 3 is 2.86 bits per heavy atom. The highest BCUT2D eigenvalue weighted by Gasteiger charge is 2.23. The Kier molecular flexibility index (Phi) is 3.75. The summed E-state index contributed by atoms with van der Waals surface area (Å²) in [6, 6.07) is 9.99. The Balaban J connectivity index is 1.78. The molecule has 110 valence electrons. The van der Waals surface area contributed by atoms with Crippen LogP contribution in [0.3, 0.4) is 0 Å². The molecule has 0 aliphatic carbocycles. The zero-order valence-corrected chi connectivity index (χ0v) is 12.2. The van der Waals surface area contributed by atoms with E-state index in [0.717, 1.165) is 30.6 Å². The Bertz CT molecular complexity index is 632. The van der Waals surface area contributed by atoms with Crippen LogP contribution in [0.5, 0.6) is 0 Å². The van der Waals surface area contributed by atoms with Crippen molar-refractivity contribution in [3.63, 3.8) is 0 Å². The lowest BCUT2D eigenvalue weighted by Gasteiger charge is -2.30. The van der Waals surface area contributed by atoms with Crippen molar-refractivity contribution < 1.29 is 4.79 Å². The Morgan fingerprint density at radius 2 is 2.14 bits per heavy atom. The quantitative estimate of drug-likeness (QED) is 0.885. The number of aryl methyl sites for hydroxylation is 1. The largest absolute Gasteiger partial charge is 0.336 e. The average Bonchev–Trinajstić information content (AvgIpc) is 2.97. The van der Waals surface area contributed by atoms with Crippen LogP contribution in [0, 0.1) is 6.92 Å². The molecule has 1 fully saturated rings. The molecule has 3 N–H and O–H groups in total. The number of carbonyl (C=O) groups excluding carboxylic acids is 1. The summed E-state index contributed by atoms with van der Waals surface area (Å²) in [7, 11) is 0. The number of likely N-dealkylation sites (tertiary alicyclic amines) is 1. The molecular formula is C16H20N4O. The number of hydrogen-bond acceptors (Lipinski definition) is 3. The number of benzene rings is 1. The van der Waals surface area contributed by atoms with E-state index in [2.05, 4.69) is 10.2 Å². The van der Waals surface area contributed by atoms with Gasteiger partial charge in [0.25, 0.3) is 5.91 Å². The van der Waals surface area contributed by atoms with Crippen molar-refractivity contribution in [2.75, 3.05) is 13.1 Å². The first-order valence-corrected chi connectivity index (χ1v) is 7.31. The van der Waals surface area contributed by atoms with Gasteiger partial charge in [0.15, 0.2) is 0 Å². The molecule has 2 heterocycles. The lowest BCUT2D eigenvalue weighted by atomic mass is 10.1. The third-order valence-electron chi connectivity index (χ3n) is 3.90. The molecule has 1 amide bonds. The molecule has 3 rings (SSSR count). The number of aromatic amines is 1. The summed E-state index contributed by atoms with van der Waals surface area (Å²) in [5, 5.41) is 7.10. The number of piperidine rings is 1. The number of nitrogens with zero attached hydrogens (tertiary/aromatic N) is 2. The van der Waals surface area contributed by atoms with Gasteiger partial charge in [-0.25, -0.2) is 0 Å². The molecule has 2 aromatic rings. The van der Waals surface area contributed by atoms with Gasteiger partial charge in [-0.1, -0.05) is 29.8 Å². The fourth-order valence-electron chi connectivity index (χ4n) is 2.67. The Labute approximate surface area is 124 Å². The second-order valence-electron chi connectivity index (χ2n) is 5.69. The van der Waals surface area contributed by atoms with Gasteiger partial charge in [-0.15, -0.1) is 0 Å². The summed E-state index contributed by atoms with van der Waals surface area (Å²) in [5.41, 5.74) is 9.46. The van der Waals surface area contributed by atoms with E-state index in [1.165, 1.54) is 5.56 Å². The van der Waals surface area contributed by atoms with Crippen molar-refractivity contribution in [2.24, 2.45) is 5.73 Å². The van der Waals surface area contributed by atoms with Gasteiger partial charge in [-0.05, 0) is 25.8 Å². The van der Waals surface area contributed by atoms with E-state index in [-0.39, 0.29) is 11.9 Å². The molecule has 1 atom stereocenters. The first-order valence-electron chi connectivity index (χ1n) is 7.31. The fraction of sp³-hybridized carbons (Fsp3) is 0.375. The van der Waals surface area contributed by atoms with Crippen LogP contribution >= 0.6 is 0 Å². The van der Waals surface area contributed by atoms with E-state index in [1.54, 1.807) is 4.90 Å². The molecule has 1 aromatic carbocycles. The number of hydrogen-bond donors (Lipinski definition) is 2. The second-order valence-corrected chi connectivity index (χ2v) is 5.69. The van der Waals surface area contributed by atoms with E-state index >= 15 is 0 Å². The van der Waals surface area contributed by atoms with Crippen LogP contribution in [0.1, 0.15) is 28.9 Å². The van der Waals surface area contributed by atoms with Crippen molar-refractivity contribution in [1.82, 2.24) is 15.1 Å². The Hall–Kier alpha value is -2.14. The zero-order chi connectivity index (χ0) is 14.8. The number of H-pyrrole nitrogens is 1. The average molecular weight is 284 g/mol. The molecular weight excluding hydrogens is 264 g/mol. The molecule has 1 unspecified atom stereocenters. The Morgan fingerprint density at radius 1 is 1.38 bits per heavy atom. The topological polar surface area (TPSA) is 75.0 Å². The van der Waals surface area contributed by atoms with Crippen LogP contribution in [-0.4, -0.2) is 40.1 Å². The van der Waals surface area contributed by atoms with Gasteiger partial charge < -0.3 is 10.6 Å². The van der Waals surface area contributed by atoms with E-state index in [4.69, 9.17) is 5.73 Å². The molecule has 0 spiro atoms. The molecule has 5 nitrogen and oxygen atoms in total. The second kappa shape index (κ2) is 5.69. The van der Waals surface area contributed by atoms with Crippen LogP contribution in [-0.2, 0) is 0 Å². The van der Waals surface area contributed by atoms with Crippen LogP contribution in [0.25, 0.3) is 11.3 Å². The summed E-state index contributed by atoms with van der Waals surface area (Å²) in [6.07, 6.45) is 1.95. The smallest absolute Gasteiger partial charge is 0.271 e. The number of amides is 1. The molecule has 5 heteroatoms. The summed E-state index contributed by atoms with van der Waals surface area (Å²) < 4.78 is 0. The molecule has 1 aliphatic heterocycles. The molecule has 1 aromatic heterocycles. The third-order valence-corrected chi connectivity index (χ3v) is 3.90. The van der Waals surface area contributed by atoms with Gasteiger partial charge in [0.1, 0.15) is 5.69 Å². The highest BCUT2D eigenvalue weighted by Crippen LogP contribution is 2.19. The van der Waals surface area contributed by atoms with Gasteiger partial charge in [-0.3, -0.25) is 9.89 Å². The minimum atomic E-state index is -0.0176. The summed E-state index contributed by atoms with van der Waals surface area (Å²) in [5.74, 6) is -0.0176. The molecule has 0 bridgehead atoms. The van der Waals surface area contributed by atoms with Crippen LogP contribution in [0.2, 0.25) is 0 Å². The minimum absolute atomic E-state index is 0.0176. The SMILES string of the molecule is Cc1ccc(-c2cc(C(=O)N3CCCC(N)C3)[nH]n2)cc1. The van der Waals surface area contributed by atoms with Crippen LogP contribution in [0.4, 0.5) is 0 Å². The first-order chi connectivity index (χ1) is 10.1. The number of aromatic nitrogens is 2. The zero-order valence-electron chi connectivity index (χ0n) is 12.2. The number of nitrogens with one attached hydrogen (secondary N) is 1. The monoisotopic (exact) mass is 284 g/mol.